The van der Waals surface area contributed by atoms with Gasteiger partial charge in [0.2, 0.25) is 6.79 Å². The van der Waals surface area contributed by atoms with E-state index in [1.54, 1.807) is 18.2 Å². The highest BCUT2D eigenvalue weighted by atomic mass is 16.7. The summed E-state index contributed by atoms with van der Waals surface area (Å²) in [5.41, 5.74) is 1.80. The van der Waals surface area contributed by atoms with Crippen molar-refractivity contribution in [2.75, 3.05) is 18.7 Å². The maximum Gasteiger partial charge on any atom is 0.291 e. The number of nitrogens with zero attached hydrogens (tertiary/aromatic N) is 2. The van der Waals surface area contributed by atoms with Crippen molar-refractivity contribution in [3.63, 3.8) is 0 Å². The summed E-state index contributed by atoms with van der Waals surface area (Å²) in [6.07, 6.45) is 4.62. The summed E-state index contributed by atoms with van der Waals surface area (Å²) >= 11 is 0. The van der Waals surface area contributed by atoms with Crippen molar-refractivity contribution < 1.29 is 19.1 Å². The smallest absolute Gasteiger partial charge is 0.291 e. The Balaban J connectivity index is 1.56. The van der Waals surface area contributed by atoms with Crippen LogP contribution in [0.5, 0.6) is 11.5 Å². The molecule has 8 nitrogen and oxygen atoms in total. The van der Waals surface area contributed by atoms with Crippen molar-refractivity contribution in [2.45, 2.75) is 45.6 Å². The highest BCUT2D eigenvalue weighted by molar-refractivity contribution is 6.03. The van der Waals surface area contributed by atoms with E-state index in [9.17, 15) is 9.59 Å². The Bertz CT molecular complexity index is 906. The third-order valence-electron chi connectivity index (χ3n) is 4.98. The molecule has 1 aromatic heterocycles. The van der Waals surface area contributed by atoms with E-state index >= 15 is 0 Å². The molecule has 3 heterocycles. The van der Waals surface area contributed by atoms with Crippen molar-refractivity contribution in [2.24, 2.45) is 0 Å². The number of amides is 2. The molecule has 0 unspecified atom stereocenters. The minimum atomic E-state index is -0.338. The van der Waals surface area contributed by atoms with E-state index in [4.69, 9.17) is 9.47 Å². The lowest BCUT2D eigenvalue weighted by atomic mass is 10.1. The molecular formula is C20H24N4O4. The average Bonchev–Trinajstić information content (AvgIpc) is 3.32. The monoisotopic (exact) mass is 384 g/mol. The van der Waals surface area contributed by atoms with Gasteiger partial charge in [-0.1, -0.05) is 13.3 Å². The van der Waals surface area contributed by atoms with Gasteiger partial charge in [0.05, 0.1) is 5.69 Å². The predicted octanol–water partition coefficient (Wildman–Crippen LogP) is 2.73. The lowest BCUT2D eigenvalue weighted by Gasteiger charge is -2.17. The van der Waals surface area contributed by atoms with Crippen molar-refractivity contribution >= 4 is 17.5 Å². The topological polar surface area (TPSA) is 94.5 Å². The number of rotatable bonds is 6. The third kappa shape index (κ3) is 3.54. The Kier molecular flexibility index (Phi) is 5.18. The number of carbonyl (C=O) groups is 2. The molecule has 0 saturated carbocycles. The minimum absolute atomic E-state index is 0.178. The van der Waals surface area contributed by atoms with Crippen LogP contribution in [-0.4, -0.2) is 34.7 Å². The van der Waals surface area contributed by atoms with Gasteiger partial charge in [-0.25, -0.2) is 4.98 Å². The Labute approximate surface area is 163 Å². The number of hydrogen-bond acceptors (Lipinski definition) is 5. The van der Waals surface area contributed by atoms with Gasteiger partial charge in [-0.2, -0.15) is 0 Å². The van der Waals surface area contributed by atoms with E-state index < -0.39 is 0 Å². The molecule has 1 aromatic carbocycles. The first-order chi connectivity index (χ1) is 13.7. The summed E-state index contributed by atoms with van der Waals surface area (Å²) < 4.78 is 12.5. The lowest BCUT2D eigenvalue weighted by Crippen LogP contribution is -2.26. The summed E-state index contributed by atoms with van der Waals surface area (Å²) in [5, 5.41) is 5.76. The molecular weight excluding hydrogens is 360 g/mol. The maximum absolute atomic E-state index is 12.9. The fraction of sp³-hybridized carbons (Fsp3) is 0.450. The van der Waals surface area contributed by atoms with Gasteiger partial charge in [-0.05, 0) is 37.8 Å². The molecule has 28 heavy (non-hydrogen) atoms. The number of hydrogen-bond donors (Lipinski definition) is 2. The van der Waals surface area contributed by atoms with E-state index in [1.165, 1.54) is 0 Å². The van der Waals surface area contributed by atoms with Crippen LogP contribution in [0.1, 0.15) is 59.4 Å². The molecule has 148 valence electrons. The molecule has 2 N–H and O–H groups in total. The van der Waals surface area contributed by atoms with Gasteiger partial charge in [0.15, 0.2) is 17.3 Å². The number of anilines is 1. The van der Waals surface area contributed by atoms with Crippen LogP contribution >= 0.6 is 0 Å². The number of aromatic nitrogens is 2. The highest BCUT2D eigenvalue weighted by Gasteiger charge is 2.27. The molecule has 2 aliphatic heterocycles. The number of unbranched alkanes of at least 4 members (excludes halogenated alkanes) is 1. The Hall–Kier alpha value is -3.03. The number of ether oxygens (including phenoxy) is 2. The van der Waals surface area contributed by atoms with Crippen LogP contribution < -0.4 is 20.1 Å². The number of carbonyl (C=O) groups excluding carboxylic acids is 2. The van der Waals surface area contributed by atoms with Gasteiger partial charge < -0.3 is 24.7 Å². The summed E-state index contributed by atoms with van der Waals surface area (Å²) in [4.78, 5) is 29.9. The zero-order chi connectivity index (χ0) is 19.5. The predicted molar refractivity (Wildman–Crippen MR) is 103 cm³/mol. The Morgan fingerprint density at radius 3 is 2.89 bits per heavy atom. The first-order valence-corrected chi connectivity index (χ1v) is 9.76. The Morgan fingerprint density at radius 1 is 1.18 bits per heavy atom. The second kappa shape index (κ2) is 7.92. The summed E-state index contributed by atoms with van der Waals surface area (Å²) in [6, 6.07) is 5.23. The van der Waals surface area contributed by atoms with Gasteiger partial charge in [0.1, 0.15) is 5.69 Å². The number of nitrogens with one attached hydrogen (secondary N) is 2. The van der Waals surface area contributed by atoms with Crippen molar-refractivity contribution in [3.8, 4) is 11.5 Å². The quantitative estimate of drug-likeness (QED) is 0.747. The molecule has 0 fully saturated rings. The zero-order valence-electron chi connectivity index (χ0n) is 15.9. The van der Waals surface area contributed by atoms with E-state index in [1.807, 2.05) is 4.57 Å². The average molecular weight is 384 g/mol. The van der Waals surface area contributed by atoms with Crippen LogP contribution in [0.2, 0.25) is 0 Å². The second-order valence-electron chi connectivity index (χ2n) is 6.97. The first-order valence-electron chi connectivity index (χ1n) is 9.76. The summed E-state index contributed by atoms with van der Waals surface area (Å²) in [6.45, 7) is 3.55. The molecule has 0 bridgehead atoms. The SMILES string of the molecule is CCCCNC(=O)c1nc(C(=O)Nc2ccc3c(c2)OCO3)n2c1CCCC2. The number of benzene rings is 1. The fourth-order valence-corrected chi connectivity index (χ4v) is 3.52. The standard InChI is InChI=1S/C20H24N4O4/c1-2-3-9-21-19(25)17-14-6-4-5-10-24(14)18(23-17)20(26)22-13-7-8-15-16(11-13)28-12-27-15/h7-8,11H,2-6,9-10,12H2,1H3,(H,21,25)(H,22,26). The van der Waals surface area contributed by atoms with Crippen LogP contribution in [-0.2, 0) is 13.0 Å². The molecule has 0 atom stereocenters. The van der Waals surface area contributed by atoms with E-state index in [2.05, 4.69) is 22.5 Å². The van der Waals surface area contributed by atoms with Crippen molar-refractivity contribution in [1.82, 2.24) is 14.9 Å². The van der Waals surface area contributed by atoms with Crippen LogP contribution in [0.3, 0.4) is 0 Å². The van der Waals surface area contributed by atoms with Gasteiger partial charge in [0, 0.05) is 24.8 Å². The summed E-state index contributed by atoms with van der Waals surface area (Å²) in [7, 11) is 0. The molecule has 0 saturated heterocycles. The zero-order valence-corrected chi connectivity index (χ0v) is 15.9. The third-order valence-corrected chi connectivity index (χ3v) is 4.98. The van der Waals surface area contributed by atoms with Gasteiger partial charge in [0.25, 0.3) is 11.8 Å². The molecule has 2 aliphatic rings. The van der Waals surface area contributed by atoms with Gasteiger partial charge >= 0.3 is 0 Å². The largest absolute Gasteiger partial charge is 0.454 e. The fourth-order valence-electron chi connectivity index (χ4n) is 3.52. The highest BCUT2D eigenvalue weighted by Crippen LogP contribution is 2.34. The molecule has 0 aliphatic carbocycles. The molecule has 4 rings (SSSR count). The molecule has 0 spiro atoms. The number of imidazole rings is 1. The van der Waals surface area contributed by atoms with Crippen molar-refractivity contribution in [1.29, 1.82) is 0 Å². The van der Waals surface area contributed by atoms with E-state index in [0.29, 0.717) is 36.0 Å². The van der Waals surface area contributed by atoms with Crippen molar-refractivity contribution in [3.05, 3.63) is 35.4 Å². The van der Waals surface area contributed by atoms with Crippen LogP contribution in [0, 0.1) is 0 Å². The van der Waals surface area contributed by atoms with Gasteiger partial charge in [-0.15, -0.1) is 0 Å². The normalized spacial score (nSPS) is 14.5. The lowest BCUT2D eigenvalue weighted by molar-refractivity contribution is 0.0947. The minimum Gasteiger partial charge on any atom is -0.454 e. The number of fused-ring (bicyclic) bond motifs is 2. The van der Waals surface area contributed by atoms with Crippen LogP contribution in [0.25, 0.3) is 0 Å². The molecule has 2 amide bonds. The van der Waals surface area contributed by atoms with E-state index in [-0.39, 0.29) is 24.4 Å². The van der Waals surface area contributed by atoms with Crippen LogP contribution in [0.4, 0.5) is 5.69 Å². The summed E-state index contributed by atoms with van der Waals surface area (Å²) in [5.74, 6) is 0.977. The molecule has 0 radical (unpaired) electrons. The molecule has 2 aromatic rings. The first kappa shape index (κ1) is 18.3. The second-order valence-corrected chi connectivity index (χ2v) is 6.97. The Morgan fingerprint density at radius 2 is 2.04 bits per heavy atom. The van der Waals surface area contributed by atoms with E-state index in [0.717, 1.165) is 37.8 Å². The maximum atomic E-state index is 12.9. The van der Waals surface area contributed by atoms with Crippen LogP contribution in [0.15, 0.2) is 18.2 Å². The molecule has 8 heteroatoms. The van der Waals surface area contributed by atoms with Gasteiger partial charge in [-0.3, -0.25) is 9.59 Å².